The van der Waals surface area contributed by atoms with Crippen molar-refractivity contribution < 1.29 is 4.39 Å². The van der Waals surface area contributed by atoms with Crippen molar-refractivity contribution in [2.75, 3.05) is 12.8 Å². The van der Waals surface area contributed by atoms with Gasteiger partial charge in [-0.15, -0.1) is 0 Å². The summed E-state index contributed by atoms with van der Waals surface area (Å²) >= 11 is 1.45. The summed E-state index contributed by atoms with van der Waals surface area (Å²) in [5, 5.41) is 1.81. The molecule has 0 amide bonds. The highest BCUT2D eigenvalue weighted by atomic mass is 32.2. The molecule has 2 aromatic carbocycles. The van der Waals surface area contributed by atoms with Crippen LogP contribution in [0.4, 0.5) is 4.39 Å². The number of hydrogen-bond acceptors (Lipinski definition) is 4. The minimum absolute atomic E-state index is 0.0493. The van der Waals surface area contributed by atoms with E-state index in [1.165, 1.54) is 23.9 Å². The Morgan fingerprint density at radius 3 is 2.73 bits per heavy atom. The minimum Gasteiger partial charge on any atom is -0.354 e. The highest BCUT2D eigenvalue weighted by molar-refractivity contribution is 7.98. The first-order valence-electron chi connectivity index (χ1n) is 9.86. The molecule has 0 fully saturated rings. The van der Waals surface area contributed by atoms with Crippen LogP contribution in [-0.2, 0) is 19.5 Å². The molecule has 0 radical (unpaired) electrons. The average Bonchev–Trinajstić information content (AvgIpc) is 3.13. The maximum Gasteiger partial charge on any atom is 0.256 e. The van der Waals surface area contributed by atoms with Gasteiger partial charge in [0.15, 0.2) is 5.16 Å². The van der Waals surface area contributed by atoms with Crippen molar-refractivity contribution in [3.63, 3.8) is 0 Å². The zero-order valence-corrected chi connectivity index (χ0v) is 17.4. The van der Waals surface area contributed by atoms with Crippen LogP contribution in [0.25, 0.3) is 22.2 Å². The Morgan fingerprint density at radius 1 is 1.13 bits per heavy atom. The molecular weight excluding hydrogens is 399 g/mol. The van der Waals surface area contributed by atoms with Crippen LogP contribution in [0.5, 0.6) is 0 Å². The lowest BCUT2D eigenvalue weighted by Crippen LogP contribution is -2.35. The molecule has 2 N–H and O–H groups in total. The lowest BCUT2D eigenvalue weighted by molar-refractivity contribution is 0.242. The predicted molar refractivity (Wildman–Crippen MR) is 118 cm³/mol. The van der Waals surface area contributed by atoms with Crippen molar-refractivity contribution in [3.8, 4) is 11.3 Å². The second-order valence-corrected chi connectivity index (χ2v) is 8.29. The lowest BCUT2D eigenvalue weighted by atomic mass is 10.0. The molecule has 7 heteroatoms. The fraction of sp³-hybridized carbons (Fsp3) is 0.217. The molecule has 5 rings (SSSR count). The van der Waals surface area contributed by atoms with E-state index in [-0.39, 0.29) is 11.4 Å². The van der Waals surface area contributed by atoms with Crippen LogP contribution in [0.3, 0.4) is 0 Å². The van der Waals surface area contributed by atoms with Crippen molar-refractivity contribution >= 4 is 22.7 Å². The van der Waals surface area contributed by atoms with E-state index in [1.54, 1.807) is 12.1 Å². The minimum atomic E-state index is -0.250. The quantitative estimate of drug-likeness (QED) is 0.381. The van der Waals surface area contributed by atoms with Gasteiger partial charge in [0.25, 0.3) is 5.56 Å². The van der Waals surface area contributed by atoms with Gasteiger partial charge in [-0.1, -0.05) is 30.0 Å². The second kappa shape index (κ2) is 7.74. The van der Waals surface area contributed by atoms with Crippen LogP contribution in [-0.4, -0.2) is 32.7 Å². The topological polar surface area (TPSA) is 64.8 Å². The summed E-state index contributed by atoms with van der Waals surface area (Å²) in [6.45, 7) is 2.09. The number of fused-ring (bicyclic) bond motifs is 2. The summed E-state index contributed by atoms with van der Waals surface area (Å²) < 4.78 is 13.5. The normalized spacial score (nSPS) is 14.2. The molecule has 1 aliphatic rings. The number of aromatic nitrogens is 3. The lowest BCUT2D eigenvalue weighted by Gasteiger charge is -2.28. The van der Waals surface area contributed by atoms with Gasteiger partial charge in [-0.3, -0.25) is 9.69 Å². The molecule has 0 saturated heterocycles. The second-order valence-electron chi connectivity index (χ2n) is 7.49. The van der Waals surface area contributed by atoms with Crippen LogP contribution in [0.2, 0.25) is 0 Å². The Morgan fingerprint density at radius 2 is 1.93 bits per heavy atom. The molecule has 152 valence electrons. The first-order valence-corrected chi connectivity index (χ1v) is 11.1. The first-order chi connectivity index (χ1) is 14.6. The van der Waals surface area contributed by atoms with Gasteiger partial charge in [0, 0.05) is 37.0 Å². The fourth-order valence-electron chi connectivity index (χ4n) is 4.14. The summed E-state index contributed by atoms with van der Waals surface area (Å²) in [5.74, 6) is -0.250. The van der Waals surface area contributed by atoms with Crippen molar-refractivity contribution in [2.24, 2.45) is 0 Å². The summed E-state index contributed by atoms with van der Waals surface area (Å²) in [6, 6.07) is 14.7. The Kier molecular flexibility index (Phi) is 4.92. The third kappa shape index (κ3) is 3.44. The highest BCUT2D eigenvalue weighted by Crippen LogP contribution is 2.32. The number of rotatable bonds is 4. The molecule has 4 aromatic rings. The fourth-order valence-corrected chi connectivity index (χ4v) is 4.54. The van der Waals surface area contributed by atoms with E-state index in [0.717, 1.165) is 51.9 Å². The Labute approximate surface area is 177 Å². The van der Waals surface area contributed by atoms with Gasteiger partial charge in [-0.2, -0.15) is 0 Å². The summed E-state index contributed by atoms with van der Waals surface area (Å²) in [7, 11) is 0. The van der Waals surface area contributed by atoms with Gasteiger partial charge >= 0.3 is 0 Å². The number of nitrogens with one attached hydrogen (secondary N) is 2. The van der Waals surface area contributed by atoms with Gasteiger partial charge in [0.2, 0.25) is 0 Å². The number of benzene rings is 2. The molecule has 5 nitrogen and oxygen atoms in total. The van der Waals surface area contributed by atoms with E-state index >= 15 is 0 Å². The van der Waals surface area contributed by atoms with E-state index in [1.807, 2.05) is 18.4 Å². The number of nitrogens with zero attached hydrogens (tertiary/aromatic N) is 2. The molecular formula is C23H21FN4OS. The van der Waals surface area contributed by atoms with Crippen LogP contribution < -0.4 is 5.56 Å². The number of thioether (sulfide) groups is 1. The van der Waals surface area contributed by atoms with Crippen molar-refractivity contribution in [1.29, 1.82) is 0 Å². The van der Waals surface area contributed by atoms with E-state index in [9.17, 15) is 9.18 Å². The molecule has 0 saturated carbocycles. The van der Waals surface area contributed by atoms with Gasteiger partial charge in [0.1, 0.15) is 5.82 Å². The average molecular weight is 421 g/mol. The molecule has 2 aromatic heterocycles. The Hall–Kier alpha value is -2.90. The van der Waals surface area contributed by atoms with Gasteiger partial charge in [-0.25, -0.2) is 9.37 Å². The number of hydrogen-bond donors (Lipinski definition) is 2. The van der Waals surface area contributed by atoms with Crippen molar-refractivity contribution in [1.82, 2.24) is 19.9 Å². The number of halogens is 1. The third-order valence-corrected chi connectivity index (χ3v) is 6.23. The van der Waals surface area contributed by atoms with Crippen molar-refractivity contribution in [2.45, 2.75) is 24.7 Å². The molecule has 30 heavy (non-hydrogen) atoms. The highest BCUT2D eigenvalue weighted by Gasteiger charge is 2.23. The van der Waals surface area contributed by atoms with Crippen LogP contribution in [0, 0.1) is 5.82 Å². The maximum atomic E-state index is 13.5. The van der Waals surface area contributed by atoms with Crippen LogP contribution in [0.1, 0.15) is 16.8 Å². The molecule has 0 aliphatic carbocycles. The maximum absolute atomic E-state index is 13.5. The Bertz CT molecular complexity index is 1280. The summed E-state index contributed by atoms with van der Waals surface area (Å²) in [5.41, 5.74) is 5.75. The molecule has 0 bridgehead atoms. The third-order valence-electron chi connectivity index (χ3n) is 5.65. The summed E-state index contributed by atoms with van der Waals surface area (Å²) in [4.78, 5) is 25.8. The van der Waals surface area contributed by atoms with E-state index in [2.05, 4.69) is 32.0 Å². The zero-order valence-electron chi connectivity index (χ0n) is 16.5. The van der Waals surface area contributed by atoms with Crippen LogP contribution in [0.15, 0.2) is 58.5 Å². The van der Waals surface area contributed by atoms with Crippen LogP contribution >= 0.6 is 11.8 Å². The van der Waals surface area contributed by atoms with E-state index in [4.69, 9.17) is 0 Å². The number of para-hydroxylation sites is 1. The van der Waals surface area contributed by atoms with Crippen molar-refractivity contribution in [3.05, 3.63) is 81.5 Å². The smallest absolute Gasteiger partial charge is 0.256 e. The first kappa shape index (κ1) is 19.1. The van der Waals surface area contributed by atoms with Gasteiger partial charge in [0.05, 0.1) is 17.0 Å². The molecule has 0 unspecified atom stereocenters. The largest absolute Gasteiger partial charge is 0.354 e. The molecule has 1 aliphatic heterocycles. The molecule has 0 atom stereocenters. The predicted octanol–water partition coefficient (Wildman–Crippen LogP) is 4.34. The SMILES string of the molecule is CSc1nc2c(c(=O)[nH]1)CN(Cc1c(-c3ccc(F)cc3)[nH]c3ccccc13)CC2. The standard InChI is InChI=1S/C23H21FN4OS/c1-30-23-26-20-10-11-28(13-18(20)22(29)27-23)12-17-16-4-2-3-5-19(16)25-21(17)14-6-8-15(24)9-7-14/h2-9,25H,10-13H2,1H3,(H,26,27,29). The van der Waals surface area contributed by atoms with E-state index in [0.29, 0.717) is 18.2 Å². The van der Waals surface area contributed by atoms with E-state index < -0.39 is 0 Å². The number of H-pyrrole nitrogens is 2. The molecule has 3 heterocycles. The van der Waals surface area contributed by atoms with Gasteiger partial charge < -0.3 is 9.97 Å². The monoisotopic (exact) mass is 420 g/mol. The molecule has 0 spiro atoms. The Balaban J connectivity index is 1.52. The summed E-state index contributed by atoms with van der Waals surface area (Å²) in [6.07, 6.45) is 2.66. The number of aromatic amines is 2. The zero-order chi connectivity index (χ0) is 20.7. The van der Waals surface area contributed by atoms with Gasteiger partial charge in [-0.05, 0) is 47.7 Å².